The number of rotatable bonds is 3. The number of aliphatic hydroxyl groups is 2. The summed E-state index contributed by atoms with van der Waals surface area (Å²) in [5.41, 5.74) is 0. The van der Waals surface area contributed by atoms with Gasteiger partial charge in [-0.2, -0.15) is 0 Å². The monoisotopic (exact) mass is 140 g/mol. The molecular weight excluding hydrogens is 131 g/mol. The van der Waals surface area contributed by atoms with Gasteiger partial charge in [0.1, 0.15) is 6.35 Å². The summed E-state index contributed by atoms with van der Waals surface area (Å²) in [7, 11) is -3.37. The molecule has 0 aromatic rings. The molecule has 50 valence electrons. The zero-order valence-electron chi connectivity index (χ0n) is 4.32. The van der Waals surface area contributed by atoms with Crippen LogP contribution in [-0.4, -0.2) is 34.2 Å². The molecular formula is C3H9O4P. The van der Waals surface area contributed by atoms with E-state index in [-0.39, 0.29) is 12.8 Å². The second-order valence-corrected chi connectivity index (χ2v) is 3.86. The van der Waals surface area contributed by atoms with Crippen LogP contribution in [0.5, 0.6) is 0 Å². The Morgan fingerprint density at radius 3 is 2.00 bits per heavy atom. The maximum atomic E-state index is 10.3. The Labute approximate surface area is 47.2 Å². The van der Waals surface area contributed by atoms with Crippen molar-refractivity contribution >= 4 is 7.37 Å². The Balaban J connectivity index is 3.55. The normalized spacial score (nSPS) is 17.9. The molecule has 3 N–H and O–H groups in total. The maximum absolute atomic E-state index is 10.3. The van der Waals surface area contributed by atoms with Crippen molar-refractivity contribution < 1.29 is 19.7 Å². The van der Waals surface area contributed by atoms with Crippen LogP contribution in [0, 0.1) is 0 Å². The molecule has 1 atom stereocenters. The Bertz CT molecular complexity index is 101. The smallest absolute Gasteiger partial charge is 0.227 e. The van der Waals surface area contributed by atoms with E-state index in [2.05, 4.69) is 0 Å². The summed E-state index contributed by atoms with van der Waals surface area (Å²) in [6.07, 6.45) is -0.961. The van der Waals surface area contributed by atoms with Crippen LogP contribution in [0.3, 0.4) is 0 Å². The lowest BCUT2D eigenvalue weighted by Crippen LogP contribution is -1.97. The van der Waals surface area contributed by atoms with Crippen LogP contribution < -0.4 is 0 Å². The molecule has 0 rings (SSSR count). The Morgan fingerprint density at radius 1 is 1.38 bits per heavy atom. The quantitative estimate of drug-likeness (QED) is 0.448. The largest absolute Gasteiger partial charge is 0.396 e. The van der Waals surface area contributed by atoms with E-state index >= 15 is 0 Å². The highest BCUT2D eigenvalue weighted by Gasteiger charge is 2.13. The minimum absolute atomic E-state index is 0.219. The molecule has 1 unspecified atom stereocenters. The molecule has 0 spiro atoms. The third-order valence-corrected chi connectivity index (χ3v) is 2.01. The highest BCUT2D eigenvalue weighted by Crippen LogP contribution is 2.37. The highest BCUT2D eigenvalue weighted by atomic mass is 31.2. The van der Waals surface area contributed by atoms with Crippen molar-refractivity contribution in [2.75, 3.05) is 19.1 Å². The number of aliphatic hydroxyl groups excluding tert-OH is 2. The van der Waals surface area contributed by atoms with Crippen LogP contribution in [0.25, 0.3) is 0 Å². The van der Waals surface area contributed by atoms with E-state index in [1.54, 1.807) is 0 Å². The van der Waals surface area contributed by atoms with Crippen LogP contribution in [0.2, 0.25) is 0 Å². The summed E-state index contributed by atoms with van der Waals surface area (Å²) in [6, 6.07) is 0. The second kappa shape index (κ2) is 3.20. The fourth-order valence-corrected chi connectivity index (χ4v) is 0.681. The first-order valence-corrected chi connectivity index (χ1v) is 4.18. The molecule has 0 heterocycles. The van der Waals surface area contributed by atoms with E-state index in [9.17, 15) is 4.57 Å². The lowest BCUT2D eigenvalue weighted by atomic mass is 10.9. The Morgan fingerprint density at radius 2 is 1.88 bits per heavy atom. The van der Waals surface area contributed by atoms with Crippen LogP contribution in [0.1, 0.15) is 0 Å². The van der Waals surface area contributed by atoms with E-state index in [1.165, 1.54) is 0 Å². The zero-order valence-corrected chi connectivity index (χ0v) is 5.21. The molecule has 5 heteroatoms. The van der Waals surface area contributed by atoms with Crippen molar-refractivity contribution in [3.8, 4) is 0 Å². The van der Waals surface area contributed by atoms with Crippen molar-refractivity contribution in [3.63, 3.8) is 0 Å². The highest BCUT2D eigenvalue weighted by molar-refractivity contribution is 7.57. The molecule has 0 aliphatic carbocycles. The van der Waals surface area contributed by atoms with Gasteiger partial charge in [0, 0.05) is 6.16 Å². The van der Waals surface area contributed by atoms with Gasteiger partial charge in [-0.25, -0.2) is 0 Å². The standard InChI is InChI=1S/C3H9O4P/c4-1-2-8(6,7)3-5/h4-5H,1-3H2,(H,6,7). The Kier molecular flexibility index (Phi) is 3.24. The van der Waals surface area contributed by atoms with Gasteiger partial charge in [-0.1, -0.05) is 0 Å². The van der Waals surface area contributed by atoms with Gasteiger partial charge in [-0.05, 0) is 0 Å². The first kappa shape index (κ1) is 8.11. The van der Waals surface area contributed by atoms with Gasteiger partial charge < -0.3 is 15.1 Å². The van der Waals surface area contributed by atoms with Gasteiger partial charge in [0.15, 0.2) is 0 Å². The lowest BCUT2D eigenvalue weighted by molar-refractivity contribution is 0.300. The minimum Gasteiger partial charge on any atom is -0.396 e. The molecule has 0 saturated carbocycles. The predicted molar refractivity (Wildman–Crippen MR) is 28.9 cm³/mol. The molecule has 0 aliphatic rings. The average molecular weight is 140 g/mol. The third-order valence-electron chi connectivity index (χ3n) is 0.670. The van der Waals surface area contributed by atoms with Crippen LogP contribution >= 0.6 is 7.37 Å². The van der Waals surface area contributed by atoms with Gasteiger partial charge in [-0.3, -0.25) is 4.57 Å². The van der Waals surface area contributed by atoms with Crippen molar-refractivity contribution in [2.45, 2.75) is 0 Å². The molecule has 0 bridgehead atoms. The van der Waals surface area contributed by atoms with E-state index in [4.69, 9.17) is 15.1 Å². The SMILES string of the molecule is O=P(O)(CO)CCO. The third kappa shape index (κ3) is 3.16. The van der Waals surface area contributed by atoms with Crippen molar-refractivity contribution in [3.05, 3.63) is 0 Å². The van der Waals surface area contributed by atoms with E-state index in [0.29, 0.717) is 0 Å². The van der Waals surface area contributed by atoms with Gasteiger partial charge in [-0.15, -0.1) is 0 Å². The average Bonchev–Trinajstić information content (AvgIpc) is 1.67. The summed E-state index contributed by atoms with van der Waals surface area (Å²) in [5.74, 6) is 0. The van der Waals surface area contributed by atoms with Gasteiger partial charge >= 0.3 is 0 Å². The molecule has 4 nitrogen and oxygen atoms in total. The number of hydrogen-bond acceptors (Lipinski definition) is 3. The van der Waals surface area contributed by atoms with Crippen molar-refractivity contribution in [1.29, 1.82) is 0 Å². The molecule has 0 fully saturated rings. The molecule has 0 aromatic carbocycles. The molecule has 0 radical (unpaired) electrons. The predicted octanol–water partition coefficient (Wildman–Crippen LogP) is -0.801. The van der Waals surface area contributed by atoms with E-state index < -0.39 is 13.7 Å². The fourth-order valence-electron chi connectivity index (χ4n) is 0.227. The Hall–Kier alpha value is 0.110. The summed E-state index contributed by atoms with van der Waals surface area (Å²) < 4.78 is 10.3. The van der Waals surface area contributed by atoms with Crippen LogP contribution in [-0.2, 0) is 4.57 Å². The summed E-state index contributed by atoms with van der Waals surface area (Å²) in [4.78, 5) is 8.47. The molecule has 0 amide bonds. The lowest BCUT2D eigenvalue weighted by Gasteiger charge is -2.02. The number of hydrogen-bond donors (Lipinski definition) is 3. The van der Waals surface area contributed by atoms with E-state index in [0.717, 1.165) is 0 Å². The zero-order chi connectivity index (χ0) is 6.62. The summed E-state index contributed by atoms with van der Waals surface area (Å²) in [5, 5.41) is 16.2. The van der Waals surface area contributed by atoms with Gasteiger partial charge in [0.25, 0.3) is 0 Å². The summed E-state index contributed by atoms with van der Waals surface area (Å²) >= 11 is 0. The molecule has 0 aliphatic heterocycles. The first-order chi connectivity index (χ1) is 3.62. The fraction of sp³-hybridized carbons (Fsp3) is 1.00. The van der Waals surface area contributed by atoms with Crippen molar-refractivity contribution in [2.24, 2.45) is 0 Å². The minimum atomic E-state index is -3.37. The topological polar surface area (TPSA) is 77.8 Å². The maximum Gasteiger partial charge on any atom is 0.227 e. The molecule has 0 saturated heterocycles. The van der Waals surface area contributed by atoms with Gasteiger partial charge in [0.2, 0.25) is 7.37 Å². The van der Waals surface area contributed by atoms with Crippen molar-refractivity contribution in [1.82, 2.24) is 0 Å². The first-order valence-electron chi connectivity index (χ1n) is 2.15. The van der Waals surface area contributed by atoms with Crippen LogP contribution in [0.15, 0.2) is 0 Å². The molecule has 0 aromatic heterocycles. The van der Waals surface area contributed by atoms with Crippen LogP contribution in [0.4, 0.5) is 0 Å². The van der Waals surface area contributed by atoms with Gasteiger partial charge in [0.05, 0.1) is 6.61 Å². The summed E-state index contributed by atoms with van der Waals surface area (Å²) in [6.45, 7) is -0.353. The second-order valence-electron chi connectivity index (χ2n) is 1.43. The molecule has 8 heavy (non-hydrogen) atoms. The van der Waals surface area contributed by atoms with E-state index in [1.807, 2.05) is 0 Å².